The van der Waals surface area contributed by atoms with Crippen LogP contribution in [0.15, 0.2) is 48.6 Å². The molecule has 0 radical (unpaired) electrons. The maximum Gasteiger partial charge on any atom is 0.264 e. The van der Waals surface area contributed by atoms with Crippen molar-refractivity contribution in [1.82, 2.24) is 14.5 Å². The first kappa shape index (κ1) is 38.3. The normalized spacial score (nSPS) is 33.6. The van der Waals surface area contributed by atoms with Gasteiger partial charge >= 0.3 is 0 Å². The van der Waals surface area contributed by atoms with E-state index >= 15 is 0 Å². The highest BCUT2D eigenvalue weighted by Crippen LogP contribution is 2.49. The number of hydrogen-bond donors (Lipinski definition) is 1. The van der Waals surface area contributed by atoms with Crippen molar-refractivity contribution in [2.45, 2.75) is 107 Å². The first-order valence-electron chi connectivity index (χ1n) is 20.8. The second kappa shape index (κ2) is 15.7. The third kappa shape index (κ3) is 7.47. The van der Waals surface area contributed by atoms with Gasteiger partial charge in [-0.15, -0.1) is 0 Å². The Balaban J connectivity index is 1.19. The third-order valence-corrected chi connectivity index (χ3v) is 15.9. The minimum atomic E-state index is -3.91. The molecule has 6 atom stereocenters. The van der Waals surface area contributed by atoms with Crippen LogP contribution in [0.2, 0.25) is 5.02 Å². The highest BCUT2D eigenvalue weighted by atomic mass is 35.5. The van der Waals surface area contributed by atoms with Crippen LogP contribution in [0.1, 0.15) is 99.5 Å². The van der Waals surface area contributed by atoms with Gasteiger partial charge in [-0.3, -0.25) is 14.6 Å². The molecule has 0 unspecified atom stereocenters. The molecule has 2 aromatic rings. The van der Waals surface area contributed by atoms with Crippen LogP contribution in [0.4, 0.5) is 5.69 Å². The van der Waals surface area contributed by atoms with E-state index in [4.69, 9.17) is 21.1 Å². The maximum atomic E-state index is 13.7. The number of halogens is 1. The molecular weight excluding hydrogens is 720 g/mol. The lowest BCUT2D eigenvalue weighted by Crippen LogP contribution is -2.61. The Bertz CT molecular complexity index is 1840. The molecule has 3 fully saturated rings. The van der Waals surface area contributed by atoms with Gasteiger partial charge < -0.3 is 14.4 Å². The largest absolute Gasteiger partial charge is 0.490 e. The van der Waals surface area contributed by atoms with Gasteiger partial charge in [0.2, 0.25) is 10.0 Å². The summed E-state index contributed by atoms with van der Waals surface area (Å²) >= 11 is 6.53. The second-order valence-corrected chi connectivity index (χ2v) is 19.4. The molecule has 294 valence electrons. The minimum absolute atomic E-state index is 0.256. The van der Waals surface area contributed by atoms with Crippen molar-refractivity contribution in [1.29, 1.82) is 0 Å². The van der Waals surface area contributed by atoms with Gasteiger partial charge in [-0.05, 0) is 131 Å². The summed E-state index contributed by atoms with van der Waals surface area (Å²) in [5.41, 5.74) is 3.02. The summed E-state index contributed by atoms with van der Waals surface area (Å²) < 4.78 is 43.6. The molecule has 6 aliphatic rings. The van der Waals surface area contributed by atoms with E-state index < -0.39 is 26.8 Å². The molecule has 1 spiro atoms. The van der Waals surface area contributed by atoms with E-state index in [0.29, 0.717) is 55.9 Å². The number of benzene rings is 2. The summed E-state index contributed by atoms with van der Waals surface area (Å²) in [7, 11) is -3.91. The zero-order valence-electron chi connectivity index (χ0n) is 32.2. The van der Waals surface area contributed by atoms with Crippen LogP contribution in [0.25, 0.3) is 0 Å². The second-order valence-electron chi connectivity index (χ2n) is 17.0. The summed E-state index contributed by atoms with van der Waals surface area (Å²) in [5.74, 6) is 0.800. The summed E-state index contributed by atoms with van der Waals surface area (Å²) in [6.07, 6.45) is 15.1. The van der Waals surface area contributed by atoms with Crippen molar-refractivity contribution in [2.24, 2.45) is 11.8 Å². The highest BCUT2D eigenvalue weighted by molar-refractivity contribution is 7.90. The summed E-state index contributed by atoms with van der Waals surface area (Å²) in [6.45, 7) is 11.9. The number of carbonyl (C=O) groups is 1. The number of allylic oxidation sites excluding steroid dienone is 1. The molecule has 1 N–H and O–H groups in total. The van der Waals surface area contributed by atoms with Crippen molar-refractivity contribution >= 4 is 33.2 Å². The average Bonchev–Trinajstić information content (AvgIpc) is 3.29. The Morgan fingerprint density at radius 2 is 1.89 bits per heavy atom. The van der Waals surface area contributed by atoms with Gasteiger partial charge in [-0.2, -0.15) is 0 Å². The lowest BCUT2D eigenvalue weighted by atomic mass is 9.63. The summed E-state index contributed by atoms with van der Waals surface area (Å²) in [4.78, 5) is 21.5. The van der Waals surface area contributed by atoms with Crippen LogP contribution < -0.4 is 14.4 Å². The fraction of sp³-hybridized carbons (Fsp3) is 0.651. The van der Waals surface area contributed by atoms with Gasteiger partial charge in [-0.1, -0.05) is 43.2 Å². The topological polar surface area (TPSA) is 91.4 Å². The van der Waals surface area contributed by atoms with E-state index in [1.807, 2.05) is 25.1 Å². The fourth-order valence-electron chi connectivity index (χ4n) is 10.9. The van der Waals surface area contributed by atoms with Crippen LogP contribution in [0.3, 0.4) is 0 Å². The number of carbonyl (C=O) groups excluding carboxylic acids is 1. The summed E-state index contributed by atoms with van der Waals surface area (Å²) in [5, 5.41) is 0.0730. The quantitative estimate of drug-likeness (QED) is 0.326. The van der Waals surface area contributed by atoms with E-state index in [-0.39, 0.29) is 5.41 Å². The molecule has 4 aliphatic heterocycles. The van der Waals surface area contributed by atoms with Gasteiger partial charge in [-0.25, -0.2) is 13.1 Å². The number of ether oxygens (including phenoxy) is 2. The number of piperazine rings is 1. The molecular formula is C43H59ClN4O5S. The summed E-state index contributed by atoms with van der Waals surface area (Å²) in [6, 6.07) is 12.4. The number of anilines is 1. The van der Waals surface area contributed by atoms with Crippen molar-refractivity contribution in [2.75, 3.05) is 63.9 Å². The van der Waals surface area contributed by atoms with Gasteiger partial charge in [0.05, 0.1) is 17.5 Å². The molecule has 9 nitrogen and oxygen atoms in total. The number of hydrogen-bond acceptors (Lipinski definition) is 8. The number of nitrogens with zero attached hydrogens (tertiary/aromatic N) is 3. The average molecular weight is 779 g/mol. The Hall–Kier alpha value is -2.63. The molecule has 2 saturated heterocycles. The van der Waals surface area contributed by atoms with E-state index in [1.165, 1.54) is 36.9 Å². The lowest BCUT2D eigenvalue weighted by Gasteiger charge is -2.53. The predicted molar refractivity (Wildman–Crippen MR) is 215 cm³/mol. The van der Waals surface area contributed by atoms with E-state index in [0.717, 1.165) is 87.8 Å². The van der Waals surface area contributed by atoms with Crippen molar-refractivity contribution in [3.8, 4) is 5.75 Å². The van der Waals surface area contributed by atoms with Crippen LogP contribution in [0, 0.1) is 11.8 Å². The standard InChI is InChI=1S/C43H59ClN4O5S/c1-3-36-12-5-7-20-43(53-4-2,29-46-22-23-47-21-8-6-11-35(47)27-46)38-16-13-33(38)26-48-28-42(19-9-10-31-24-34(44)15-17-37(31)42)30-52-40-18-14-32(25-39(40)48)41(49)45-54(36,50)51/h7,14-15,17-18,20,24-25,33,35-36,38H,3-6,8-13,16,19,21-23,26-30H2,1-2H3,(H,45,49)/b20-7+/t33-,35+,36+,38+,42-,43+/m0/s1. The number of rotatable bonds is 5. The molecule has 2 bridgehead atoms. The van der Waals surface area contributed by atoms with E-state index in [2.05, 4.69) is 50.6 Å². The number of piperidine rings is 1. The number of fused-ring (bicyclic) bond motifs is 5. The van der Waals surface area contributed by atoms with Gasteiger partial charge in [0.15, 0.2) is 0 Å². The van der Waals surface area contributed by atoms with Gasteiger partial charge in [0.25, 0.3) is 5.91 Å². The molecule has 54 heavy (non-hydrogen) atoms. The fourth-order valence-corrected chi connectivity index (χ4v) is 12.5. The van der Waals surface area contributed by atoms with Crippen LogP contribution in [0.5, 0.6) is 5.75 Å². The number of nitrogens with one attached hydrogen (secondary N) is 1. The van der Waals surface area contributed by atoms with Crippen LogP contribution >= 0.6 is 11.6 Å². The number of sulfonamides is 1. The molecule has 1 amide bonds. The first-order chi connectivity index (χ1) is 26.1. The van der Waals surface area contributed by atoms with Gasteiger partial charge in [0, 0.05) is 67.9 Å². The molecule has 1 saturated carbocycles. The highest BCUT2D eigenvalue weighted by Gasteiger charge is 2.50. The molecule has 2 aliphatic carbocycles. The van der Waals surface area contributed by atoms with E-state index in [1.54, 1.807) is 6.07 Å². The van der Waals surface area contributed by atoms with Crippen molar-refractivity contribution < 1.29 is 22.7 Å². The van der Waals surface area contributed by atoms with Crippen molar-refractivity contribution in [3.05, 3.63) is 70.3 Å². The Labute approximate surface area is 327 Å². The molecule has 4 heterocycles. The lowest BCUT2D eigenvalue weighted by molar-refractivity contribution is -0.116. The monoisotopic (exact) mass is 778 g/mol. The Morgan fingerprint density at radius 1 is 1.00 bits per heavy atom. The SMILES string of the molecule is CCO[C@@]1(CN2CCN3CCCC[C@@H]3C2)/C=C/CC[C@@H](CC)S(=O)(=O)NC(=O)c2ccc3c(c2)N(C[C@@H]2CC[C@H]21)C[C@@]1(CCCc2cc(Cl)ccc21)CO3. The Kier molecular flexibility index (Phi) is 11.1. The minimum Gasteiger partial charge on any atom is -0.490 e. The Morgan fingerprint density at radius 3 is 2.70 bits per heavy atom. The predicted octanol–water partition coefficient (Wildman–Crippen LogP) is 6.97. The van der Waals surface area contributed by atoms with Gasteiger partial charge in [0.1, 0.15) is 11.4 Å². The first-order valence-corrected chi connectivity index (χ1v) is 22.7. The maximum absolute atomic E-state index is 13.7. The molecule has 11 heteroatoms. The van der Waals surface area contributed by atoms with Crippen molar-refractivity contribution in [3.63, 3.8) is 0 Å². The third-order valence-electron chi connectivity index (χ3n) is 13.8. The van der Waals surface area contributed by atoms with Crippen LogP contribution in [-0.2, 0) is 26.6 Å². The smallest absolute Gasteiger partial charge is 0.264 e. The molecule has 0 aromatic heterocycles. The number of amides is 1. The van der Waals surface area contributed by atoms with Crippen LogP contribution in [-0.4, -0.2) is 100 Å². The number of aryl methyl sites for hydroxylation is 1. The zero-order valence-corrected chi connectivity index (χ0v) is 33.8. The zero-order chi connectivity index (χ0) is 37.5. The molecule has 8 rings (SSSR count). The molecule has 2 aromatic carbocycles. The van der Waals surface area contributed by atoms with E-state index in [9.17, 15) is 13.2 Å².